The first-order valence-electron chi connectivity index (χ1n) is 11.8. The number of hydrogen-bond donors (Lipinski definition) is 2. The Balaban J connectivity index is 1.68. The number of carbonyl (C=O) groups excluding carboxylic acids is 3. The van der Waals surface area contributed by atoms with Crippen LogP contribution in [0.15, 0.2) is 42.5 Å². The number of carbonyl (C=O) groups is 3. The molecule has 3 N–H and O–H groups in total. The molecule has 2 aromatic carbocycles. The van der Waals surface area contributed by atoms with Gasteiger partial charge in [-0.3, -0.25) is 14.5 Å². The van der Waals surface area contributed by atoms with Crippen LogP contribution in [-0.2, 0) is 9.53 Å². The van der Waals surface area contributed by atoms with Crippen molar-refractivity contribution in [2.45, 2.75) is 45.8 Å². The summed E-state index contributed by atoms with van der Waals surface area (Å²) in [4.78, 5) is 41.6. The van der Waals surface area contributed by atoms with Crippen LogP contribution in [0.1, 0.15) is 44.0 Å². The van der Waals surface area contributed by atoms with Crippen LogP contribution in [0.4, 0.5) is 16.2 Å². The smallest absolute Gasteiger partial charge is 0.414 e. The van der Waals surface area contributed by atoms with E-state index in [1.807, 2.05) is 56.0 Å². The van der Waals surface area contributed by atoms with Crippen molar-refractivity contribution in [3.8, 4) is 11.1 Å². The predicted octanol–water partition coefficient (Wildman–Crippen LogP) is 3.54. The van der Waals surface area contributed by atoms with Gasteiger partial charge in [-0.2, -0.15) is 0 Å². The summed E-state index contributed by atoms with van der Waals surface area (Å²) in [6, 6.07) is 12.9. The molecule has 0 aromatic heterocycles. The Morgan fingerprint density at radius 2 is 1.74 bits per heavy atom. The fourth-order valence-corrected chi connectivity index (χ4v) is 4.21. The lowest BCUT2D eigenvalue weighted by molar-refractivity contribution is -0.120. The lowest BCUT2D eigenvalue weighted by atomic mass is 9.99. The Morgan fingerprint density at radius 1 is 1.06 bits per heavy atom. The number of rotatable bonds is 6. The summed E-state index contributed by atoms with van der Waals surface area (Å²) < 4.78 is 5.50. The van der Waals surface area contributed by atoms with Crippen molar-refractivity contribution in [2.24, 2.45) is 11.7 Å². The molecule has 2 aromatic rings. The molecule has 0 radical (unpaired) electrons. The minimum Gasteiger partial charge on any atom is -0.446 e. The van der Waals surface area contributed by atoms with Crippen molar-refractivity contribution in [3.05, 3.63) is 48.0 Å². The van der Waals surface area contributed by atoms with Crippen LogP contribution in [0.2, 0.25) is 0 Å². The highest BCUT2D eigenvalue weighted by Crippen LogP contribution is 2.42. The molecule has 4 rings (SSSR count). The topological polar surface area (TPSA) is 105 Å². The maximum Gasteiger partial charge on any atom is 0.414 e. The van der Waals surface area contributed by atoms with Crippen LogP contribution in [-0.4, -0.2) is 49.7 Å². The minimum absolute atomic E-state index is 0.0714. The van der Waals surface area contributed by atoms with Gasteiger partial charge in [0.25, 0.3) is 5.91 Å². The molecule has 8 nitrogen and oxygen atoms in total. The van der Waals surface area contributed by atoms with E-state index < -0.39 is 6.09 Å². The van der Waals surface area contributed by atoms with Crippen LogP contribution in [0.5, 0.6) is 0 Å². The maximum absolute atomic E-state index is 13.1. The van der Waals surface area contributed by atoms with Gasteiger partial charge in [0.05, 0.1) is 23.5 Å². The van der Waals surface area contributed by atoms with Crippen LogP contribution in [0.3, 0.4) is 0 Å². The molecule has 0 spiro atoms. The van der Waals surface area contributed by atoms with Crippen molar-refractivity contribution in [1.82, 2.24) is 5.32 Å². The third-order valence-corrected chi connectivity index (χ3v) is 6.04. The number of nitrogens with one attached hydrogen (secondary N) is 1. The van der Waals surface area contributed by atoms with Crippen molar-refractivity contribution in [1.29, 1.82) is 0 Å². The lowest BCUT2D eigenvalue weighted by Gasteiger charge is -2.41. The third kappa shape index (κ3) is 4.92. The molecule has 1 aliphatic heterocycles. The van der Waals surface area contributed by atoms with E-state index in [2.05, 4.69) is 5.32 Å². The molecule has 1 fully saturated rings. The first-order valence-corrected chi connectivity index (χ1v) is 11.8. The first kappa shape index (κ1) is 23.8. The molecule has 34 heavy (non-hydrogen) atoms. The largest absolute Gasteiger partial charge is 0.446 e. The van der Waals surface area contributed by atoms with E-state index in [-0.39, 0.29) is 29.9 Å². The van der Waals surface area contributed by atoms with Crippen molar-refractivity contribution >= 4 is 29.3 Å². The van der Waals surface area contributed by atoms with Gasteiger partial charge in [-0.15, -0.1) is 0 Å². The highest BCUT2D eigenvalue weighted by atomic mass is 16.6. The second kappa shape index (κ2) is 9.85. The van der Waals surface area contributed by atoms with Crippen LogP contribution in [0, 0.1) is 5.92 Å². The van der Waals surface area contributed by atoms with Crippen molar-refractivity contribution in [3.63, 3.8) is 0 Å². The number of hydrogen-bond acceptors (Lipinski definition) is 5. The number of ether oxygens (including phenoxy) is 1. The fourth-order valence-electron chi connectivity index (χ4n) is 4.21. The normalized spacial score (nSPS) is 17.4. The van der Waals surface area contributed by atoms with E-state index in [0.717, 1.165) is 29.7 Å². The van der Waals surface area contributed by atoms with Gasteiger partial charge >= 0.3 is 6.09 Å². The third-order valence-electron chi connectivity index (χ3n) is 6.04. The Bertz CT molecular complexity index is 1080. The average molecular weight is 465 g/mol. The lowest BCUT2D eigenvalue weighted by Crippen LogP contribution is -2.52. The summed E-state index contributed by atoms with van der Waals surface area (Å²) in [6.07, 6.45) is 1.16. The Labute approximate surface area is 200 Å². The Morgan fingerprint density at radius 3 is 2.35 bits per heavy atom. The van der Waals surface area contributed by atoms with Gasteiger partial charge in [0.1, 0.15) is 0 Å². The van der Waals surface area contributed by atoms with Gasteiger partial charge < -0.3 is 20.7 Å². The summed E-state index contributed by atoms with van der Waals surface area (Å²) in [6.45, 7) is 6.76. The highest BCUT2D eigenvalue weighted by Gasteiger charge is 2.41. The summed E-state index contributed by atoms with van der Waals surface area (Å²) in [5, 5.41) is 2.76. The number of benzene rings is 2. The maximum atomic E-state index is 13.1. The number of amides is 3. The van der Waals surface area contributed by atoms with E-state index in [1.165, 1.54) is 0 Å². The molecule has 0 saturated heterocycles. The SMILES string of the molecule is CC(C)OC(=O)N1CC(C)N(C(=O)C2CC2)c2ccc(-c3ccc(C(=O)NCCN)cc3)cc21. The van der Waals surface area contributed by atoms with Crippen LogP contribution < -0.4 is 20.9 Å². The fraction of sp³-hybridized carbons (Fsp3) is 0.423. The Hall–Kier alpha value is -3.39. The standard InChI is InChI=1S/C26H32N4O4/c1-16(2)34-26(33)29-15-17(3)30(25(32)20-8-9-20)22-11-10-21(14-23(22)29)18-4-6-19(7-5-18)24(31)28-13-12-27/h4-7,10-11,14,16-17,20H,8-9,12-13,15,27H2,1-3H3,(H,28,31). The Kier molecular flexibility index (Phi) is 6.88. The van der Waals surface area contributed by atoms with Gasteiger partial charge in [0, 0.05) is 31.1 Å². The molecule has 0 bridgehead atoms. The van der Waals surface area contributed by atoms with Crippen molar-refractivity contribution in [2.75, 3.05) is 29.4 Å². The zero-order valence-corrected chi connectivity index (χ0v) is 19.9. The number of nitrogens with zero attached hydrogens (tertiary/aromatic N) is 2. The van der Waals surface area contributed by atoms with E-state index in [4.69, 9.17) is 10.5 Å². The van der Waals surface area contributed by atoms with Crippen molar-refractivity contribution < 1.29 is 19.1 Å². The molecule has 3 amide bonds. The summed E-state index contributed by atoms with van der Waals surface area (Å²) in [5.74, 6) is 0.0154. The molecule has 1 heterocycles. The van der Waals surface area contributed by atoms with E-state index in [9.17, 15) is 14.4 Å². The zero-order chi connectivity index (χ0) is 24.4. The first-order chi connectivity index (χ1) is 16.3. The molecule has 1 aliphatic carbocycles. The molecule has 2 aliphatic rings. The molecule has 1 unspecified atom stereocenters. The summed E-state index contributed by atoms with van der Waals surface area (Å²) in [7, 11) is 0. The number of nitrogens with two attached hydrogens (primary N) is 1. The van der Waals surface area contributed by atoms with Gasteiger partial charge in [-0.25, -0.2) is 4.79 Å². The molecular formula is C26H32N4O4. The molecule has 8 heteroatoms. The van der Waals surface area contributed by atoms with Crippen LogP contribution in [0.25, 0.3) is 11.1 Å². The minimum atomic E-state index is -0.425. The molecule has 1 atom stereocenters. The van der Waals surface area contributed by atoms with Gasteiger partial charge in [0.2, 0.25) is 5.91 Å². The zero-order valence-electron chi connectivity index (χ0n) is 19.9. The molecule has 180 valence electrons. The van der Waals surface area contributed by atoms with E-state index in [1.54, 1.807) is 17.0 Å². The second-order valence-corrected chi connectivity index (χ2v) is 9.20. The van der Waals surface area contributed by atoms with Gasteiger partial charge in [-0.1, -0.05) is 18.2 Å². The highest BCUT2D eigenvalue weighted by molar-refractivity contribution is 6.05. The van der Waals surface area contributed by atoms with Gasteiger partial charge in [0.15, 0.2) is 0 Å². The van der Waals surface area contributed by atoms with E-state index in [0.29, 0.717) is 30.9 Å². The number of fused-ring (bicyclic) bond motifs is 1. The molecule has 1 saturated carbocycles. The summed E-state index contributed by atoms with van der Waals surface area (Å²) >= 11 is 0. The predicted molar refractivity (Wildman–Crippen MR) is 132 cm³/mol. The molecular weight excluding hydrogens is 432 g/mol. The van der Waals surface area contributed by atoms with Gasteiger partial charge in [-0.05, 0) is 69.0 Å². The monoisotopic (exact) mass is 464 g/mol. The summed E-state index contributed by atoms with van der Waals surface area (Å²) in [5.41, 5.74) is 9.15. The number of anilines is 2. The van der Waals surface area contributed by atoms with Crippen LogP contribution >= 0.6 is 0 Å². The van der Waals surface area contributed by atoms with E-state index >= 15 is 0 Å². The quantitative estimate of drug-likeness (QED) is 0.680. The average Bonchev–Trinajstić information content (AvgIpc) is 3.66. The second-order valence-electron chi connectivity index (χ2n) is 9.20.